The lowest BCUT2D eigenvalue weighted by Crippen LogP contribution is -2.43. The highest BCUT2D eigenvalue weighted by Crippen LogP contribution is 2.15. The van der Waals surface area contributed by atoms with Crippen molar-refractivity contribution in [3.05, 3.63) is 30.1 Å². The zero-order chi connectivity index (χ0) is 17.9. The number of hydrogen-bond donors (Lipinski definition) is 3. The lowest BCUT2D eigenvalue weighted by Gasteiger charge is -2.31. The maximum Gasteiger partial charge on any atom is 0.221 e. The zero-order valence-corrected chi connectivity index (χ0v) is 15.1. The molecule has 1 fully saturated rings. The average Bonchev–Trinajstić information content (AvgIpc) is 2.64. The van der Waals surface area contributed by atoms with E-state index in [1.807, 2.05) is 18.2 Å². The summed E-state index contributed by atoms with van der Waals surface area (Å²) in [5, 5.41) is 6.61. The smallest absolute Gasteiger partial charge is 0.221 e. The Balaban J connectivity index is 1.71. The standard InChI is InChI=1S/C18H30N6O/c1-2-20-18(23-13-16-8-3-4-9-21-16)22-10-6-12-24-11-5-7-15(14-24)17(19)25/h3-4,8-9,15H,2,5-7,10-14H2,1H3,(H2,19,25)(H2,20,22,23). The molecule has 0 spiro atoms. The van der Waals surface area contributed by atoms with E-state index in [2.05, 4.69) is 32.4 Å². The van der Waals surface area contributed by atoms with Crippen molar-refractivity contribution < 1.29 is 4.79 Å². The minimum absolute atomic E-state index is 0.0129. The van der Waals surface area contributed by atoms with Crippen LogP contribution in [0.25, 0.3) is 0 Å². The summed E-state index contributed by atoms with van der Waals surface area (Å²) in [6.07, 6.45) is 4.76. The molecule has 1 aliphatic rings. The van der Waals surface area contributed by atoms with Crippen LogP contribution in [0, 0.1) is 5.92 Å². The van der Waals surface area contributed by atoms with E-state index in [-0.39, 0.29) is 11.8 Å². The second-order valence-corrected chi connectivity index (χ2v) is 6.34. The molecule has 1 atom stereocenters. The predicted octanol–water partition coefficient (Wildman–Crippen LogP) is 0.724. The number of rotatable bonds is 8. The molecule has 0 bridgehead atoms. The summed E-state index contributed by atoms with van der Waals surface area (Å²) in [5.74, 6) is 0.652. The van der Waals surface area contributed by atoms with Gasteiger partial charge in [0.2, 0.25) is 5.91 Å². The number of pyridine rings is 1. The molecule has 0 aliphatic carbocycles. The molecule has 1 aromatic heterocycles. The molecular formula is C18H30N6O. The molecule has 0 saturated carbocycles. The Bertz CT molecular complexity index is 548. The number of likely N-dealkylation sites (tertiary alicyclic amines) is 1. The van der Waals surface area contributed by atoms with E-state index in [0.717, 1.165) is 63.6 Å². The van der Waals surface area contributed by atoms with E-state index in [4.69, 9.17) is 5.73 Å². The van der Waals surface area contributed by atoms with Crippen molar-refractivity contribution in [2.24, 2.45) is 16.6 Å². The first kappa shape index (κ1) is 19.2. The fourth-order valence-electron chi connectivity index (χ4n) is 2.99. The van der Waals surface area contributed by atoms with Crippen LogP contribution < -0.4 is 16.4 Å². The average molecular weight is 346 g/mol. The minimum Gasteiger partial charge on any atom is -0.369 e. The summed E-state index contributed by atoms with van der Waals surface area (Å²) < 4.78 is 0. The Hall–Kier alpha value is -2.15. The van der Waals surface area contributed by atoms with E-state index in [1.165, 1.54) is 0 Å². The van der Waals surface area contributed by atoms with Gasteiger partial charge in [-0.25, -0.2) is 4.99 Å². The van der Waals surface area contributed by atoms with Gasteiger partial charge >= 0.3 is 0 Å². The highest BCUT2D eigenvalue weighted by molar-refractivity contribution is 5.79. The Morgan fingerprint density at radius 2 is 2.32 bits per heavy atom. The summed E-state index contributed by atoms with van der Waals surface area (Å²) in [7, 11) is 0. The molecule has 0 aromatic carbocycles. The third-order valence-corrected chi connectivity index (χ3v) is 4.32. The van der Waals surface area contributed by atoms with Gasteiger partial charge in [0.1, 0.15) is 0 Å². The highest BCUT2D eigenvalue weighted by Gasteiger charge is 2.23. The van der Waals surface area contributed by atoms with Crippen molar-refractivity contribution >= 4 is 11.9 Å². The van der Waals surface area contributed by atoms with E-state index < -0.39 is 0 Å². The molecular weight excluding hydrogens is 316 g/mol. The number of hydrogen-bond acceptors (Lipinski definition) is 4. The SMILES string of the molecule is CCNC(=NCc1ccccn1)NCCCN1CCCC(C(N)=O)C1. The Labute approximate surface area is 150 Å². The molecule has 1 aliphatic heterocycles. The Morgan fingerprint density at radius 1 is 1.44 bits per heavy atom. The van der Waals surface area contributed by atoms with Crippen molar-refractivity contribution in [3.8, 4) is 0 Å². The summed E-state index contributed by atoms with van der Waals surface area (Å²) in [5.41, 5.74) is 6.38. The van der Waals surface area contributed by atoms with Crippen molar-refractivity contribution in [1.29, 1.82) is 0 Å². The molecule has 1 saturated heterocycles. The van der Waals surface area contributed by atoms with Gasteiger partial charge in [0.15, 0.2) is 5.96 Å². The molecule has 4 N–H and O–H groups in total. The van der Waals surface area contributed by atoms with E-state index in [0.29, 0.717) is 6.54 Å². The quantitative estimate of drug-likeness (QED) is 0.366. The summed E-state index contributed by atoms with van der Waals surface area (Å²) in [6.45, 7) is 7.09. The fourth-order valence-corrected chi connectivity index (χ4v) is 2.99. The number of nitrogens with one attached hydrogen (secondary N) is 2. The van der Waals surface area contributed by atoms with Crippen LogP contribution >= 0.6 is 0 Å². The normalized spacial score (nSPS) is 18.8. The van der Waals surface area contributed by atoms with Crippen molar-refractivity contribution in [2.45, 2.75) is 32.7 Å². The van der Waals surface area contributed by atoms with Gasteiger partial charge in [-0.15, -0.1) is 0 Å². The van der Waals surface area contributed by atoms with Crippen LogP contribution in [-0.2, 0) is 11.3 Å². The van der Waals surface area contributed by atoms with Gasteiger partial charge in [0.05, 0.1) is 18.2 Å². The number of guanidine groups is 1. The molecule has 25 heavy (non-hydrogen) atoms. The lowest BCUT2D eigenvalue weighted by atomic mass is 9.97. The number of carbonyl (C=O) groups is 1. The number of piperidine rings is 1. The van der Waals surface area contributed by atoms with E-state index in [9.17, 15) is 4.79 Å². The second-order valence-electron chi connectivity index (χ2n) is 6.34. The van der Waals surface area contributed by atoms with E-state index >= 15 is 0 Å². The number of amides is 1. The van der Waals surface area contributed by atoms with Gasteiger partial charge in [-0.1, -0.05) is 6.07 Å². The first-order valence-electron chi connectivity index (χ1n) is 9.12. The first-order chi connectivity index (χ1) is 12.2. The first-order valence-corrected chi connectivity index (χ1v) is 9.12. The lowest BCUT2D eigenvalue weighted by molar-refractivity contribution is -0.123. The molecule has 0 radical (unpaired) electrons. The Morgan fingerprint density at radius 3 is 3.04 bits per heavy atom. The van der Waals surface area contributed by atoms with Crippen LogP contribution in [0.15, 0.2) is 29.4 Å². The van der Waals surface area contributed by atoms with Gasteiger partial charge in [-0.2, -0.15) is 0 Å². The minimum atomic E-state index is -0.168. The number of carbonyl (C=O) groups excluding carboxylic acids is 1. The number of primary amides is 1. The van der Waals surface area contributed by atoms with Gasteiger partial charge < -0.3 is 21.3 Å². The van der Waals surface area contributed by atoms with Crippen LogP contribution in [-0.4, -0.2) is 54.5 Å². The van der Waals surface area contributed by atoms with Crippen molar-refractivity contribution in [3.63, 3.8) is 0 Å². The number of nitrogens with zero attached hydrogens (tertiary/aromatic N) is 3. The van der Waals surface area contributed by atoms with E-state index in [1.54, 1.807) is 6.20 Å². The molecule has 2 rings (SSSR count). The third-order valence-electron chi connectivity index (χ3n) is 4.32. The summed E-state index contributed by atoms with van der Waals surface area (Å²) >= 11 is 0. The number of aliphatic imine (C=N–C) groups is 1. The third kappa shape index (κ3) is 7.09. The van der Waals surface area contributed by atoms with Gasteiger partial charge in [-0.3, -0.25) is 9.78 Å². The second kappa shape index (κ2) is 10.7. The predicted molar refractivity (Wildman–Crippen MR) is 100 cm³/mol. The van der Waals surface area contributed by atoms with Crippen molar-refractivity contribution in [2.75, 3.05) is 32.7 Å². The summed E-state index contributed by atoms with van der Waals surface area (Å²) in [6, 6.07) is 5.84. The molecule has 1 unspecified atom stereocenters. The highest BCUT2D eigenvalue weighted by atomic mass is 16.1. The van der Waals surface area contributed by atoms with Crippen LogP contribution in [0.2, 0.25) is 0 Å². The largest absolute Gasteiger partial charge is 0.369 e. The Kier molecular flexibility index (Phi) is 8.18. The van der Waals surface area contributed by atoms with Gasteiger partial charge in [-0.05, 0) is 51.4 Å². The molecule has 138 valence electrons. The van der Waals surface area contributed by atoms with Crippen LogP contribution in [0.5, 0.6) is 0 Å². The molecule has 2 heterocycles. The van der Waals surface area contributed by atoms with Gasteiger partial charge in [0.25, 0.3) is 0 Å². The molecule has 7 nitrogen and oxygen atoms in total. The molecule has 7 heteroatoms. The van der Waals surface area contributed by atoms with Gasteiger partial charge in [0, 0.05) is 25.8 Å². The zero-order valence-electron chi connectivity index (χ0n) is 15.1. The maximum absolute atomic E-state index is 11.3. The maximum atomic E-state index is 11.3. The number of nitrogens with two attached hydrogens (primary N) is 1. The fraction of sp³-hybridized carbons (Fsp3) is 0.611. The number of aromatic nitrogens is 1. The van der Waals surface area contributed by atoms with Crippen LogP contribution in [0.4, 0.5) is 0 Å². The molecule has 1 amide bonds. The molecule has 1 aromatic rings. The van der Waals surface area contributed by atoms with Crippen molar-refractivity contribution in [1.82, 2.24) is 20.5 Å². The topological polar surface area (TPSA) is 95.6 Å². The summed E-state index contributed by atoms with van der Waals surface area (Å²) in [4.78, 5) is 22.5. The monoisotopic (exact) mass is 346 g/mol. The van der Waals surface area contributed by atoms with Crippen LogP contribution in [0.3, 0.4) is 0 Å². The van der Waals surface area contributed by atoms with Crippen LogP contribution in [0.1, 0.15) is 31.9 Å².